The lowest BCUT2D eigenvalue weighted by atomic mass is 10.1. The summed E-state index contributed by atoms with van der Waals surface area (Å²) < 4.78 is 18.2. The molecule has 26 heavy (non-hydrogen) atoms. The van der Waals surface area contributed by atoms with E-state index < -0.39 is 10.6 Å². The van der Waals surface area contributed by atoms with Crippen molar-refractivity contribution in [3.8, 4) is 11.3 Å². The van der Waals surface area contributed by atoms with E-state index in [2.05, 4.69) is 10.3 Å². The first kappa shape index (κ1) is 18.2. The zero-order valence-corrected chi connectivity index (χ0v) is 15.4. The monoisotopic (exact) mass is 386 g/mol. The molecule has 0 atom stereocenters. The van der Waals surface area contributed by atoms with Crippen molar-refractivity contribution in [1.82, 2.24) is 10.3 Å². The SMILES string of the molecule is N=[S-](=O)c1ccc(CCNC(=O)c2ccc(-c3ccc(Cl)cc3)[nH]2)cc1. The number of carbonyl (C=O) groups excluding carboxylic acids is 1. The standard InChI is InChI=1S/C19H17ClN3O2S/c20-15-5-3-14(4-6-15)17-9-10-18(23-17)19(24)22-12-11-13-1-7-16(8-2-13)26(21)25/h1-10,21,23H,11-12H2,(H,22,24)/q-1. The number of aromatic amines is 1. The second-order valence-electron chi connectivity index (χ2n) is 5.71. The zero-order valence-electron chi connectivity index (χ0n) is 13.8. The van der Waals surface area contributed by atoms with Crippen LogP contribution in [0.2, 0.25) is 5.02 Å². The van der Waals surface area contributed by atoms with Crippen molar-refractivity contribution in [3.05, 3.63) is 76.9 Å². The van der Waals surface area contributed by atoms with Crippen LogP contribution in [0.4, 0.5) is 0 Å². The molecule has 0 aliphatic carbocycles. The largest absolute Gasteiger partial charge is 0.440 e. The van der Waals surface area contributed by atoms with Crippen molar-refractivity contribution in [2.75, 3.05) is 6.54 Å². The van der Waals surface area contributed by atoms with E-state index in [1.807, 2.05) is 30.3 Å². The Labute approximate surface area is 158 Å². The molecular formula is C19H17ClN3O2S-. The number of benzene rings is 2. The number of nitrogens with one attached hydrogen (secondary N) is 3. The number of carbonyl (C=O) groups is 1. The smallest absolute Gasteiger partial charge is 0.267 e. The molecule has 0 fully saturated rings. The molecular weight excluding hydrogens is 370 g/mol. The maximum Gasteiger partial charge on any atom is 0.267 e. The van der Waals surface area contributed by atoms with Gasteiger partial charge in [-0.1, -0.05) is 48.0 Å². The summed E-state index contributed by atoms with van der Waals surface area (Å²) in [5.41, 5.74) is 3.31. The maximum absolute atomic E-state index is 12.2. The van der Waals surface area contributed by atoms with E-state index in [-0.39, 0.29) is 5.91 Å². The Morgan fingerprint density at radius 1 is 1.04 bits per heavy atom. The van der Waals surface area contributed by atoms with Crippen molar-refractivity contribution in [1.29, 1.82) is 4.78 Å². The Hall–Kier alpha value is -2.57. The van der Waals surface area contributed by atoms with Crippen molar-refractivity contribution in [3.63, 3.8) is 0 Å². The van der Waals surface area contributed by atoms with Crippen molar-refractivity contribution in [2.45, 2.75) is 11.3 Å². The van der Waals surface area contributed by atoms with E-state index in [9.17, 15) is 9.00 Å². The second-order valence-corrected chi connectivity index (χ2v) is 7.16. The van der Waals surface area contributed by atoms with Crippen molar-refractivity contribution in [2.24, 2.45) is 0 Å². The van der Waals surface area contributed by atoms with Gasteiger partial charge in [-0.3, -0.25) is 4.79 Å². The molecule has 0 radical (unpaired) electrons. The van der Waals surface area contributed by atoms with Crippen LogP contribution in [-0.2, 0) is 21.2 Å². The molecule has 0 saturated heterocycles. The fourth-order valence-electron chi connectivity index (χ4n) is 2.52. The van der Waals surface area contributed by atoms with Gasteiger partial charge in [-0.15, -0.1) is 4.90 Å². The van der Waals surface area contributed by atoms with Crippen LogP contribution in [0.5, 0.6) is 0 Å². The Bertz CT molecular complexity index is 969. The molecule has 5 nitrogen and oxygen atoms in total. The lowest BCUT2D eigenvalue weighted by Crippen LogP contribution is -2.25. The minimum Gasteiger partial charge on any atom is -0.440 e. The summed E-state index contributed by atoms with van der Waals surface area (Å²) in [7, 11) is -1.72. The van der Waals surface area contributed by atoms with Crippen LogP contribution < -0.4 is 5.32 Å². The van der Waals surface area contributed by atoms with Crippen LogP contribution in [0.3, 0.4) is 0 Å². The third kappa shape index (κ3) is 4.53. The first-order chi connectivity index (χ1) is 12.5. The van der Waals surface area contributed by atoms with Gasteiger partial charge in [0.05, 0.1) is 0 Å². The van der Waals surface area contributed by atoms with E-state index in [1.165, 1.54) is 0 Å². The van der Waals surface area contributed by atoms with Gasteiger partial charge in [0.25, 0.3) is 5.91 Å². The molecule has 3 rings (SSSR count). The highest BCUT2D eigenvalue weighted by molar-refractivity contribution is 7.73. The van der Waals surface area contributed by atoms with Gasteiger partial charge in [0.1, 0.15) is 5.69 Å². The highest BCUT2D eigenvalue weighted by Gasteiger charge is 2.09. The number of hydrogen-bond acceptors (Lipinski definition) is 4. The van der Waals surface area contributed by atoms with Gasteiger partial charge >= 0.3 is 0 Å². The summed E-state index contributed by atoms with van der Waals surface area (Å²) in [4.78, 5) is 15.8. The van der Waals surface area contributed by atoms with Crippen molar-refractivity contribution >= 4 is 28.1 Å². The molecule has 7 heteroatoms. The van der Waals surface area contributed by atoms with Gasteiger partial charge in [0.15, 0.2) is 0 Å². The molecule has 0 bridgehead atoms. The number of H-pyrrole nitrogens is 1. The lowest BCUT2D eigenvalue weighted by Gasteiger charge is -2.06. The molecule has 0 spiro atoms. The van der Waals surface area contributed by atoms with E-state index in [1.54, 1.807) is 30.3 Å². The van der Waals surface area contributed by atoms with Gasteiger partial charge in [0.2, 0.25) is 0 Å². The summed E-state index contributed by atoms with van der Waals surface area (Å²) >= 11 is 5.89. The molecule has 0 unspecified atom stereocenters. The summed E-state index contributed by atoms with van der Waals surface area (Å²) in [5.74, 6) is -0.172. The fraction of sp³-hybridized carbons (Fsp3) is 0.105. The number of hydrogen-bond donors (Lipinski definition) is 3. The quantitative estimate of drug-likeness (QED) is 0.548. The predicted octanol–water partition coefficient (Wildman–Crippen LogP) is 4.39. The van der Waals surface area contributed by atoms with Crippen LogP contribution in [0.25, 0.3) is 11.3 Å². The molecule has 3 N–H and O–H groups in total. The van der Waals surface area contributed by atoms with Gasteiger partial charge in [0, 0.05) is 17.3 Å². The summed E-state index contributed by atoms with van der Waals surface area (Å²) in [5, 5.41) is 3.54. The molecule has 3 aromatic rings. The number of rotatable bonds is 6. The highest BCUT2D eigenvalue weighted by Crippen LogP contribution is 2.20. The van der Waals surface area contributed by atoms with E-state index >= 15 is 0 Å². The van der Waals surface area contributed by atoms with Gasteiger partial charge in [-0.25, -0.2) is 0 Å². The van der Waals surface area contributed by atoms with Crippen LogP contribution in [0.1, 0.15) is 16.1 Å². The van der Waals surface area contributed by atoms with Crippen LogP contribution in [0.15, 0.2) is 65.6 Å². The second kappa shape index (κ2) is 8.21. The van der Waals surface area contributed by atoms with E-state index in [4.69, 9.17) is 16.4 Å². The minimum atomic E-state index is -1.72. The minimum absolute atomic E-state index is 0.172. The molecule has 1 amide bonds. The molecule has 0 saturated carbocycles. The summed E-state index contributed by atoms with van der Waals surface area (Å²) in [6.07, 6.45) is 0.654. The number of halogens is 1. The third-order valence-corrected chi connectivity index (χ3v) is 4.87. The normalized spacial score (nSPS) is 10.8. The molecule has 0 aliphatic rings. The van der Waals surface area contributed by atoms with Crippen LogP contribution in [-0.4, -0.2) is 17.4 Å². The van der Waals surface area contributed by atoms with E-state index in [0.717, 1.165) is 16.8 Å². The average molecular weight is 387 g/mol. The predicted molar refractivity (Wildman–Crippen MR) is 103 cm³/mol. The Kier molecular flexibility index (Phi) is 5.75. The van der Waals surface area contributed by atoms with Crippen LogP contribution >= 0.6 is 11.6 Å². The molecule has 1 heterocycles. The first-order valence-electron chi connectivity index (χ1n) is 7.98. The van der Waals surface area contributed by atoms with Gasteiger partial charge < -0.3 is 19.3 Å². The Morgan fingerprint density at radius 3 is 2.38 bits per heavy atom. The zero-order chi connectivity index (χ0) is 18.5. The van der Waals surface area contributed by atoms with Crippen molar-refractivity contribution < 1.29 is 9.00 Å². The molecule has 0 aliphatic heterocycles. The average Bonchev–Trinajstić information content (AvgIpc) is 3.13. The maximum atomic E-state index is 12.2. The lowest BCUT2D eigenvalue weighted by molar-refractivity contribution is 0.0950. The Balaban J connectivity index is 1.56. The number of aromatic nitrogens is 1. The summed E-state index contributed by atoms with van der Waals surface area (Å²) in [6, 6.07) is 18.0. The third-order valence-electron chi connectivity index (χ3n) is 3.92. The highest BCUT2D eigenvalue weighted by atomic mass is 35.5. The van der Waals surface area contributed by atoms with Gasteiger partial charge in [-0.05, 0) is 41.8 Å². The van der Waals surface area contributed by atoms with Crippen LogP contribution in [0, 0.1) is 4.78 Å². The Morgan fingerprint density at radius 2 is 1.73 bits per heavy atom. The summed E-state index contributed by atoms with van der Waals surface area (Å²) in [6.45, 7) is 0.484. The first-order valence-corrected chi connectivity index (χ1v) is 9.51. The topological polar surface area (TPSA) is 85.8 Å². The molecule has 2 aromatic carbocycles. The number of amides is 1. The molecule has 134 valence electrons. The van der Waals surface area contributed by atoms with E-state index in [0.29, 0.717) is 28.6 Å². The van der Waals surface area contributed by atoms with Gasteiger partial charge in [-0.2, -0.15) is 10.6 Å². The fourth-order valence-corrected chi connectivity index (χ4v) is 3.03. The molecule has 1 aromatic heterocycles.